The third-order valence-electron chi connectivity index (χ3n) is 16.0. The molecule has 3 unspecified atom stereocenters. The van der Waals surface area contributed by atoms with E-state index in [-0.39, 0.29) is 0 Å². The van der Waals surface area contributed by atoms with Crippen molar-refractivity contribution in [2.45, 2.75) is 36.0 Å². The molecule has 3 aliphatic carbocycles. The van der Waals surface area contributed by atoms with Gasteiger partial charge in [0.2, 0.25) is 0 Å². The Morgan fingerprint density at radius 3 is 1.66 bits per heavy atom. The number of benzene rings is 10. The maximum Gasteiger partial charge on any atom is 0.0720 e. The molecule has 0 spiro atoms. The van der Waals surface area contributed by atoms with Crippen molar-refractivity contribution in [3.63, 3.8) is 0 Å². The first kappa shape index (κ1) is 40.6. The van der Waals surface area contributed by atoms with Crippen molar-refractivity contribution >= 4 is 33.2 Å². The fraction of sp³-hybridized carbons (Fsp3) is 0.0882. The third kappa shape index (κ3) is 5.80. The second-order valence-electron chi connectivity index (χ2n) is 19.4. The number of allylic oxidation sites excluding steroid dienone is 2. The third-order valence-corrected chi connectivity index (χ3v) is 16.0. The zero-order chi connectivity index (χ0) is 46.2. The second kappa shape index (κ2) is 16.1. The molecule has 0 aliphatic heterocycles. The molecule has 2 heteroatoms. The van der Waals surface area contributed by atoms with Crippen LogP contribution in [0, 0.1) is 0 Å². The van der Waals surface area contributed by atoms with Crippen LogP contribution in [0.3, 0.4) is 0 Å². The number of anilines is 2. The van der Waals surface area contributed by atoms with Gasteiger partial charge in [0.25, 0.3) is 0 Å². The van der Waals surface area contributed by atoms with Crippen molar-refractivity contribution in [1.82, 2.24) is 4.57 Å². The molecule has 14 rings (SSSR count). The smallest absolute Gasteiger partial charge is 0.0720 e. The van der Waals surface area contributed by atoms with Crippen molar-refractivity contribution in [1.29, 1.82) is 0 Å². The van der Waals surface area contributed by atoms with Crippen LogP contribution in [0.1, 0.15) is 75.3 Å². The molecule has 0 radical (unpaired) electrons. The molecule has 332 valence electrons. The Hall–Kier alpha value is -8.46. The Morgan fingerprint density at radius 2 is 0.943 bits per heavy atom. The predicted octanol–water partition coefficient (Wildman–Crippen LogP) is 16.8. The van der Waals surface area contributed by atoms with Gasteiger partial charge in [-0.25, -0.2) is 0 Å². The van der Waals surface area contributed by atoms with Gasteiger partial charge in [0, 0.05) is 33.5 Å². The van der Waals surface area contributed by atoms with E-state index in [0.717, 1.165) is 24.9 Å². The molecule has 0 saturated heterocycles. The van der Waals surface area contributed by atoms with Gasteiger partial charge in [-0.15, -0.1) is 0 Å². The minimum atomic E-state index is -0.613. The maximum absolute atomic E-state index is 2.56. The Balaban J connectivity index is 0.983. The summed E-state index contributed by atoms with van der Waals surface area (Å²) >= 11 is 0. The predicted molar refractivity (Wildman–Crippen MR) is 290 cm³/mol. The van der Waals surface area contributed by atoms with Crippen LogP contribution in [0.25, 0.3) is 38.6 Å². The normalized spacial score (nSPS) is 18.7. The SMILES string of the molecule is C1=C(N(c2ccc(C3(c4ccccc4)c4ccccc4C4(c5ccccc5)c5ccccc5-c5cccc3c54)cc2)c2ccc3c(c2)c2ccccc2n3-c2ccccc2)CCC(c2ccccc2)C1. The lowest BCUT2D eigenvalue weighted by Crippen LogP contribution is -2.44. The number of hydrogen-bond donors (Lipinski definition) is 0. The first-order chi connectivity index (χ1) is 34.7. The fourth-order valence-corrected chi connectivity index (χ4v) is 13.2. The van der Waals surface area contributed by atoms with Crippen LogP contribution >= 0.6 is 0 Å². The molecular formula is C68H50N2. The van der Waals surface area contributed by atoms with Gasteiger partial charge >= 0.3 is 0 Å². The number of para-hydroxylation sites is 2. The molecule has 0 fully saturated rings. The van der Waals surface area contributed by atoms with E-state index in [1.165, 1.54) is 100 Å². The molecule has 0 N–H and O–H groups in total. The van der Waals surface area contributed by atoms with Gasteiger partial charge in [0.15, 0.2) is 0 Å². The number of fused-ring (bicyclic) bond motifs is 8. The van der Waals surface area contributed by atoms with E-state index < -0.39 is 10.8 Å². The van der Waals surface area contributed by atoms with E-state index in [0.29, 0.717) is 5.92 Å². The van der Waals surface area contributed by atoms with E-state index in [4.69, 9.17) is 0 Å². The minimum Gasteiger partial charge on any atom is -0.315 e. The Labute approximate surface area is 410 Å². The molecule has 0 amide bonds. The summed E-state index contributed by atoms with van der Waals surface area (Å²) in [4.78, 5) is 2.56. The van der Waals surface area contributed by atoms with Crippen LogP contribution in [0.5, 0.6) is 0 Å². The lowest BCUT2D eigenvalue weighted by Gasteiger charge is -2.49. The van der Waals surface area contributed by atoms with Gasteiger partial charge in [-0.2, -0.15) is 0 Å². The molecule has 0 bridgehead atoms. The average Bonchev–Trinajstić information content (AvgIpc) is 3.94. The summed E-state index contributed by atoms with van der Waals surface area (Å²) in [5, 5.41) is 2.50. The van der Waals surface area contributed by atoms with Gasteiger partial charge in [-0.3, -0.25) is 0 Å². The summed E-state index contributed by atoms with van der Waals surface area (Å²) < 4.78 is 2.41. The Bertz CT molecular complexity index is 3800. The molecular weight excluding hydrogens is 845 g/mol. The Morgan fingerprint density at radius 1 is 0.400 bits per heavy atom. The molecule has 3 aliphatic rings. The van der Waals surface area contributed by atoms with E-state index in [1.54, 1.807) is 0 Å². The van der Waals surface area contributed by atoms with Crippen LogP contribution in [-0.4, -0.2) is 4.57 Å². The number of nitrogens with zero attached hydrogens (tertiary/aromatic N) is 2. The highest BCUT2D eigenvalue weighted by Crippen LogP contribution is 2.65. The van der Waals surface area contributed by atoms with Gasteiger partial charge in [0.05, 0.1) is 21.9 Å². The van der Waals surface area contributed by atoms with Gasteiger partial charge in [-0.1, -0.05) is 212 Å². The summed E-state index contributed by atoms with van der Waals surface area (Å²) in [6, 6.07) is 95.7. The summed E-state index contributed by atoms with van der Waals surface area (Å²) in [5.74, 6) is 0.499. The topological polar surface area (TPSA) is 8.17 Å². The summed E-state index contributed by atoms with van der Waals surface area (Å²) in [6.45, 7) is 0. The second-order valence-corrected chi connectivity index (χ2v) is 19.4. The number of aromatic nitrogens is 1. The van der Waals surface area contributed by atoms with Crippen LogP contribution in [0.15, 0.2) is 267 Å². The van der Waals surface area contributed by atoms with E-state index in [9.17, 15) is 0 Å². The van der Waals surface area contributed by atoms with Crippen molar-refractivity contribution in [2.75, 3.05) is 4.90 Å². The lowest BCUT2D eigenvalue weighted by atomic mass is 9.52. The highest BCUT2D eigenvalue weighted by molar-refractivity contribution is 6.10. The van der Waals surface area contributed by atoms with Crippen LogP contribution in [0.2, 0.25) is 0 Å². The highest BCUT2D eigenvalue weighted by atomic mass is 15.1. The summed E-state index contributed by atoms with van der Waals surface area (Å²) in [6.07, 6.45) is 5.59. The fourth-order valence-electron chi connectivity index (χ4n) is 13.2. The van der Waals surface area contributed by atoms with E-state index >= 15 is 0 Å². The molecule has 2 nitrogen and oxygen atoms in total. The first-order valence-corrected chi connectivity index (χ1v) is 24.9. The van der Waals surface area contributed by atoms with Crippen molar-refractivity contribution in [2.24, 2.45) is 0 Å². The first-order valence-electron chi connectivity index (χ1n) is 24.9. The lowest BCUT2D eigenvalue weighted by molar-refractivity contribution is 0.593. The van der Waals surface area contributed by atoms with Crippen LogP contribution in [0.4, 0.5) is 11.4 Å². The highest BCUT2D eigenvalue weighted by Gasteiger charge is 2.57. The van der Waals surface area contributed by atoms with Crippen LogP contribution < -0.4 is 4.90 Å². The molecule has 70 heavy (non-hydrogen) atoms. The molecule has 3 atom stereocenters. The minimum absolute atomic E-state index is 0.483. The quantitative estimate of drug-likeness (QED) is 0.148. The largest absolute Gasteiger partial charge is 0.315 e. The van der Waals surface area contributed by atoms with Crippen molar-refractivity contribution in [3.05, 3.63) is 317 Å². The van der Waals surface area contributed by atoms with Gasteiger partial charge < -0.3 is 9.47 Å². The molecule has 0 saturated carbocycles. The van der Waals surface area contributed by atoms with Crippen LogP contribution in [-0.2, 0) is 10.8 Å². The summed E-state index contributed by atoms with van der Waals surface area (Å²) in [7, 11) is 0. The monoisotopic (exact) mass is 894 g/mol. The molecule has 10 aromatic carbocycles. The van der Waals surface area contributed by atoms with Gasteiger partial charge in [0.1, 0.15) is 0 Å². The average molecular weight is 895 g/mol. The summed E-state index contributed by atoms with van der Waals surface area (Å²) in [5.41, 5.74) is 20.8. The van der Waals surface area contributed by atoms with Crippen molar-refractivity contribution < 1.29 is 0 Å². The van der Waals surface area contributed by atoms with E-state index in [2.05, 4.69) is 270 Å². The standard InChI is InChI=1S/C68H50N2/c1-5-20-47(21-6-1)48-36-40-53(41-37-48)69(55-44-45-65-59(46-55)57-29-14-18-35-64(57)70(65)52-26-11-4-12-27-52)54-42-38-51(39-43-54)67(49-22-7-2-8-23-49)61-32-16-17-33-62(61)68(50-24-9-3-10-25-50)60-31-15-13-28-56(60)58-30-19-34-63(67)66(58)68/h1-35,38-40,42-46,48H,36-37,41H2. The molecule has 1 heterocycles. The van der Waals surface area contributed by atoms with Crippen molar-refractivity contribution in [3.8, 4) is 16.8 Å². The molecule has 11 aromatic rings. The molecule has 1 aromatic heterocycles. The van der Waals surface area contributed by atoms with Gasteiger partial charge in [-0.05, 0) is 135 Å². The zero-order valence-corrected chi connectivity index (χ0v) is 38.9. The van der Waals surface area contributed by atoms with E-state index in [1.807, 2.05) is 0 Å². The number of rotatable bonds is 8. The Kier molecular flexibility index (Phi) is 9.32. The zero-order valence-electron chi connectivity index (χ0n) is 38.9. The maximum atomic E-state index is 2.56. The number of hydrogen-bond acceptors (Lipinski definition) is 1.